The van der Waals surface area contributed by atoms with E-state index in [2.05, 4.69) is 35.0 Å². The average molecular weight is 313 g/mol. The summed E-state index contributed by atoms with van der Waals surface area (Å²) in [4.78, 5) is 0. The molecular weight excluding hydrogens is 292 g/mol. The molecule has 0 saturated heterocycles. The van der Waals surface area contributed by atoms with Crippen LogP contribution in [0.1, 0.15) is 38.2 Å². The van der Waals surface area contributed by atoms with E-state index < -0.39 is 0 Å². The van der Waals surface area contributed by atoms with Gasteiger partial charge < -0.3 is 9.47 Å². The molecule has 1 aromatic carbocycles. The third kappa shape index (κ3) is 3.48. The SMILES string of the molecule is COc1ccc(COC2CCCCC2C)cc1Br. The zero-order valence-electron chi connectivity index (χ0n) is 11.1. The van der Waals surface area contributed by atoms with Crippen molar-refractivity contribution in [2.75, 3.05) is 7.11 Å². The molecule has 18 heavy (non-hydrogen) atoms. The molecular formula is C15H21BrO2. The van der Waals surface area contributed by atoms with Crippen LogP contribution in [-0.2, 0) is 11.3 Å². The van der Waals surface area contributed by atoms with Crippen LogP contribution < -0.4 is 4.74 Å². The van der Waals surface area contributed by atoms with Crippen molar-refractivity contribution in [1.29, 1.82) is 0 Å². The fraction of sp³-hybridized carbons (Fsp3) is 0.600. The first-order valence-electron chi connectivity index (χ1n) is 6.64. The summed E-state index contributed by atoms with van der Waals surface area (Å²) in [6.45, 7) is 2.99. The second-order valence-electron chi connectivity index (χ2n) is 5.08. The lowest BCUT2D eigenvalue weighted by molar-refractivity contribution is -0.0154. The van der Waals surface area contributed by atoms with Crippen molar-refractivity contribution in [2.24, 2.45) is 5.92 Å². The molecule has 2 nitrogen and oxygen atoms in total. The molecule has 2 unspecified atom stereocenters. The second kappa shape index (κ2) is 6.58. The minimum absolute atomic E-state index is 0.430. The molecule has 0 aliphatic heterocycles. The molecule has 1 aromatic rings. The van der Waals surface area contributed by atoms with Crippen LogP contribution in [0.3, 0.4) is 0 Å². The van der Waals surface area contributed by atoms with Crippen LogP contribution >= 0.6 is 15.9 Å². The van der Waals surface area contributed by atoms with Crippen LogP contribution in [0, 0.1) is 5.92 Å². The van der Waals surface area contributed by atoms with E-state index in [1.54, 1.807) is 7.11 Å². The molecule has 0 bridgehead atoms. The van der Waals surface area contributed by atoms with E-state index in [9.17, 15) is 0 Å². The first kappa shape index (κ1) is 13.9. The monoisotopic (exact) mass is 312 g/mol. The Kier molecular flexibility index (Phi) is 5.07. The number of rotatable bonds is 4. The number of methoxy groups -OCH3 is 1. The fourth-order valence-electron chi connectivity index (χ4n) is 2.53. The molecule has 2 atom stereocenters. The average Bonchev–Trinajstić information content (AvgIpc) is 2.38. The maximum absolute atomic E-state index is 6.05. The summed E-state index contributed by atoms with van der Waals surface area (Å²) in [5.74, 6) is 1.56. The van der Waals surface area contributed by atoms with Crippen molar-refractivity contribution >= 4 is 15.9 Å². The molecule has 0 heterocycles. The van der Waals surface area contributed by atoms with Gasteiger partial charge in [0.25, 0.3) is 0 Å². The molecule has 2 rings (SSSR count). The molecule has 3 heteroatoms. The Labute approximate surface area is 118 Å². The summed E-state index contributed by atoms with van der Waals surface area (Å²) in [5, 5.41) is 0. The molecule has 0 N–H and O–H groups in total. The van der Waals surface area contributed by atoms with Crippen LogP contribution in [0.25, 0.3) is 0 Å². The lowest BCUT2D eigenvalue weighted by Crippen LogP contribution is -2.25. The smallest absolute Gasteiger partial charge is 0.133 e. The Morgan fingerprint density at radius 3 is 2.72 bits per heavy atom. The maximum atomic E-state index is 6.05. The van der Waals surface area contributed by atoms with Crippen LogP contribution in [-0.4, -0.2) is 13.2 Å². The van der Waals surface area contributed by atoms with E-state index in [0.717, 1.165) is 10.2 Å². The van der Waals surface area contributed by atoms with Crippen molar-refractivity contribution in [3.8, 4) is 5.75 Å². The van der Waals surface area contributed by atoms with E-state index in [-0.39, 0.29) is 0 Å². The van der Waals surface area contributed by atoms with Gasteiger partial charge in [0, 0.05) is 0 Å². The van der Waals surface area contributed by atoms with Gasteiger partial charge in [-0.1, -0.05) is 25.8 Å². The van der Waals surface area contributed by atoms with E-state index in [1.807, 2.05) is 6.07 Å². The van der Waals surface area contributed by atoms with Gasteiger partial charge in [0.05, 0.1) is 24.3 Å². The lowest BCUT2D eigenvalue weighted by atomic mass is 9.88. The Morgan fingerprint density at radius 1 is 1.28 bits per heavy atom. The van der Waals surface area contributed by atoms with Crippen LogP contribution in [0.5, 0.6) is 5.75 Å². The normalized spacial score (nSPS) is 23.9. The van der Waals surface area contributed by atoms with Gasteiger partial charge in [0.2, 0.25) is 0 Å². The van der Waals surface area contributed by atoms with Crippen molar-refractivity contribution in [3.05, 3.63) is 28.2 Å². The molecule has 1 fully saturated rings. The standard InChI is InChI=1S/C15H21BrO2/c1-11-5-3-4-6-14(11)18-10-12-7-8-15(17-2)13(16)9-12/h7-9,11,14H,3-6,10H2,1-2H3. The zero-order valence-corrected chi connectivity index (χ0v) is 12.7. The third-order valence-electron chi connectivity index (χ3n) is 3.71. The topological polar surface area (TPSA) is 18.5 Å². The third-order valence-corrected chi connectivity index (χ3v) is 4.33. The second-order valence-corrected chi connectivity index (χ2v) is 5.93. The number of halogens is 1. The van der Waals surface area contributed by atoms with Crippen LogP contribution in [0.15, 0.2) is 22.7 Å². The van der Waals surface area contributed by atoms with Gasteiger partial charge in [-0.2, -0.15) is 0 Å². The van der Waals surface area contributed by atoms with Crippen LogP contribution in [0.4, 0.5) is 0 Å². The summed E-state index contributed by atoms with van der Waals surface area (Å²) < 4.78 is 12.3. The Balaban J connectivity index is 1.91. The molecule has 0 radical (unpaired) electrons. The summed E-state index contributed by atoms with van der Waals surface area (Å²) in [7, 11) is 1.68. The van der Waals surface area contributed by atoms with Gasteiger partial charge in [-0.05, 0) is 52.4 Å². The summed E-state index contributed by atoms with van der Waals surface area (Å²) >= 11 is 3.50. The summed E-state index contributed by atoms with van der Waals surface area (Å²) in [5.41, 5.74) is 1.19. The summed E-state index contributed by atoms with van der Waals surface area (Å²) in [6, 6.07) is 6.12. The van der Waals surface area contributed by atoms with Crippen molar-refractivity contribution in [3.63, 3.8) is 0 Å². The molecule has 0 amide bonds. The predicted molar refractivity (Wildman–Crippen MR) is 76.9 cm³/mol. The highest BCUT2D eigenvalue weighted by Gasteiger charge is 2.21. The van der Waals surface area contributed by atoms with Crippen molar-refractivity contribution in [1.82, 2.24) is 0 Å². The van der Waals surface area contributed by atoms with Gasteiger partial charge in [0.1, 0.15) is 5.75 Å². The molecule has 0 aromatic heterocycles. The number of ether oxygens (including phenoxy) is 2. The quantitative estimate of drug-likeness (QED) is 0.811. The first-order valence-corrected chi connectivity index (χ1v) is 7.44. The van der Waals surface area contributed by atoms with Crippen molar-refractivity contribution < 1.29 is 9.47 Å². The van der Waals surface area contributed by atoms with Gasteiger partial charge in [-0.25, -0.2) is 0 Å². The first-order chi connectivity index (χ1) is 8.70. The van der Waals surface area contributed by atoms with Crippen LogP contribution in [0.2, 0.25) is 0 Å². The molecule has 0 spiro atoms. The fourth-order valence-corrected chi connectivity index (χ4v) is 3.12. The minimum Gasteiger partial charge on any atom is -0.496 e. The van der Waals surface area contributed by atoms with E-state index >= 15 is 0 Å². The highest BCUT2D eigenvalue weighted by Crippen LogP contribution is 2.29. The zero-order chi connectivity index (χ0) is 13.0. The van der Waals surface area contributed by atoms with E-state index in [4.69, 9.17) is 9.47 Å². The Hall–Kier alpha value is -0.540. The Morgan fingerprint density at radius 2 is 2.06 bits per heavy atom. The number of hydrogen-bond donors (Lipinski definition) is 0. The summed E-state index contributed by atoms with van der Waals surface area (Å²) in [6.07, 6.45) is 5.60. The van der Waals surface area contributed by atoms with Gasteiger partial charge in [-0.15, -0.1) is 0 Å². The number of hydrogen-bond acceptors (Lipinski definition) is 2. The molecule has 1 aliphatic rings. The maximum Gasteiger partial charge on any atom is 0.133 e. The van der Waals surface area contributed by atoms with E-state index in [1.165, 1.54) is 31.2 Å². The van der Waals surface area contributed by atoms with Crippen molar-refractivity contribution in [2.45, 2.75) is 45.3 Å². The lowest BCUT2D eigenvalue weighted by Gasteiger charge is -2.28. The predicted octanol–water partition coefficient (Wildman–Crippen LogP) is 4.55. The molecule has 1 saturated carbocycles. The highest BCUT2D eigenvalue weighted by atomic mass is 79.9. The Bertz CT molecular complexity index is 392. The van der Waals surface area contributed by atoms with Gasteiger partial charge in [0.15, 0.2) is 0 Å². The van der Waals surface area contributed by atoms with E-state index in [0.29, 0.717) is 18.6 Å². The van der Waals surface area contributed by atoms with Gasteiger partial charge in [-0.3, -0.25) is 0 Å². The molecule has 1 aliphatic carbocycles. The number of benzene rings is 1. The largest absolute Gasteiger partial charge is 0.496 e. The molecule has 100 valence electrons. The minimum atomic E-state index is 0.430. The highest BCUT2D eigenvalue weighted by molar-refractivity contribution is 9.10. The van der Waals surface area contributed by atoms with Gasteiger partial charge >= 0.3 is 0 Å².